The van der Waals surface area contributed by atoms with Gasteiger partial charge in [0.05, 0.1) is 16.2 Å². The minimum atomic E-state index is 0.565. The normalized spacial score (nSPS) is 16.3. The van der Waals surface area contributed by atoms with E-state index in [1.807, 2.05) is 35.2 Å². The van der Waals surface area contributed by atoms with E-state index >= 15 is 0 Å². The zero-order valence-corrected chi connectivity index (χ0v) is 18.7. The van der Waals surface area contributed by atoms with Crippen LogP contribution < -0.4 is 0 Å². The van der Waals surface area contributed by atoms with Crippen LogP contribution in [-0.4, -0.2) is 24.9 Å². The number of hydrogen-bond donors (Lipinski definition) is 0. The van der Waals surface area contributed by atoms with Crippen molar-refractivity contribution in [2.75, 3.05) is 0 Å². The summed E-state index contributed by atoms with van der Waals surface area (Å²) in [5.74, 6) is 3.59. The minimum absolute atomic E-state index is 0.565. The fourth-order valence-electron chi connectivity index (χ4n) is 3.66. The molecule has 0 spiro atoms. The smallest absolute Gasteiger partial charge is 0.258 e. The molecule has 0 radical (unpaired) electrons. The predicted molar refractivity (Wildman–Crippen MR) is 117 cm³/mol. The van der Waals surface area contributed by atoms with E-state index in [1.165, 1.54) is 41.0 Å². The zero-order chi connectivity index (χ0) is 19.8. The van der Waals surface area contributed by atoms with Gasteiger partial charge in [-0.2, -0.15) is 16.3 Å². The highest BCUT2D eigenvalue weighted by atomic mass is 32.2. The summed E-state index contributed by atoms with van der Waals surface area (Å²) < 4.78 is 7.43. The van der Waals surface area contributed by atoms with Gasteiger partial charge in [0.1, 0.15) is 0 Å². The van der Waals surface area contributed by atoms with Gasteiger partial charge in [0.2, 0.25) is 0 Å². The zero-order valence-electron chi connectivity index (χ0n) is 16.3. The molecule has 0 aromatic carbocycles. The van der Waals surface area contributed by atoms with E-state index in [0.29, 0.717) is 17.5 Å². The lowest BCUT2D eigenvalue weighted by molar-refractivity contribution is 0.425. The van der Waals surface area contributed by atoms with E-state index < -0.39 is 0 Å². The van der Waals surface area contributed by atoms with Crippen molar-refractivity contribution >= 4 is 34.4 Å². The van der Waals surface area contributed by atoms with E-state index in [4.69, 9.17) is 4.52 Å². The van der Waals surface area contributed by atoms with Crippen LogP contribution in [0.1, 0.15) is 36.0 Å². The summed E-state index contributed by atoms with van der Waals surface area (Å²) in [7, 11) is 2.03. The molecular formula is C20H21N5OS3. The fourth-order valence-corrected chi connectivity index (χ4v) is 6.27. The Morgan fingerprint density at radius 2 is 2.28 bits per heavy atom. The van der Waals surface area contributed by atoms with Gasteiger partial charge >= 0.3 is 0 Å². The maximum Gasteiger partial charge on any atom is 0.258 e. The van der Waals surface area contributed by atoms with Crippen molar-refractivity contribution in [1.82, 2.24) is 24.9 Å². The van der Waals surface area contributed by atoms with Crippen molar-refractivity contribution in [1.29, 1.82) is 0 Å². The van der Waals surface area contributed by atoms with Crippen LogP contribution in [0.3, 0.4) is 0 Å². The minimum Gasteiger partial charge on any atom is -0.334 e. The van der Waals surface area contributed by atoms with Crippen molar-refractivity contribution in [3.8, 4) is 22.2 Å². The molecule has 1 unspecified atom stereocenters. The van der Waals surface area contributed by atoms with Crippen LogP contribution in [0.15, 0.2) is 32.6 Å². The van der Waals surface area contributed by atoms with Crippen LogP contribution in [0.2, 0.25) is 0 Å². The van der Waals surface area contributed by atoms with Gasteiger partial charge in [-0.3, -0.25) is 0 Å². The van der Waals surface area contributed by atoms with E-state index in [9.17, 15) is 0 Å². The van der Waals surface area contributed by atoms with Crippen molar-refractivity contribution < 1.29 is 4.52 Å². The molecule has 29 heavy (non-hydrogen) atoms. The second-order valence-electron chi connectivity index (χ2n) is 7.26. The van der Waals surface area contributed by atoms with Gasteiger partial charge in [0, 0.05) is 17.3 Å². The van der Waals surface area contributed by atoms with Crippen LogP contribution in [0, 0.1) is 5.92 Å². The number of nitrogens with zero attached hydrogens (tertiary/aromatic N) is 5. The van der Waals surface area contributed by atoms with Gasteiger partial charge in [-0.1, -0.05) is 30.3 Å². The highest BCUT2D eigenvalue weighted by molar-refractivity contribution is 7.98. The van der Waals surface area contributed by atoms with Gasteiger partial charge in [0.25, 0.3) is 5.89 Å². The predicted octanol–water partition coefficient (Wildman–Crippen LogP) is 5.46. The Balaban J connectivity index is 1.30. The molecule has 0 aliphatic heterocycles. The molecule has 0 saturated heterocycles. The number of rotatable bonds is 6. The maximum absolute atomic E-state index is 5.36. The molecule has 1 aliphatic rings. The molecule has 0 N–H and O–H groups in total. The Morgan fingerprint density at radius 1 is 1.34 bits per heavy atom. The molecule has 0 saturated carbocycles. The first kappa shape index (κ1) is 19.0. The van der Waals surface area contributed by atoms with Crippen molar-refractivity contribution in [3.05, 3.63) is 39.2 Å². The third kappa shape index (κ3) is 3.78. The maximum atomic E-state index is 5.36. The van der Waals surface area contributed by atoms with E-state index in [1.54, 1.807) is 23.1 Å². The Kier molecular flexibility index (Phi) is 5.28. The van der Waals surface area contributed by atoms with Crippen LogP contribution >= 0.6 is 34.4 Å². The monoisotopic (exact) mass is 443 g/mol. The molecule has 4 aromatic rings. The summed E-state index contributed by atoms with van der Waals surface area (Å²) >= 11 is 5.06. The Labute approximate surface area is 181 Å². The number of thioether (sulfide) groups is 1. The summed E-state index contributed by atoms with van der Waals surface area (Å²) in [6.45, 7) is 2.29. The Hall–Kier alpha value is -1.97. The van der Waals surface area contributed by atoms with Gasteiger partial charge in [-0.25, -0.2) is 0 Å². The summed E-state index contributed by atoms with van der Waals surface area (Å²) in [6.07, 6.45) is 4.97. The molecular weight excluding hydrogens is 422 g/mol. The van der Waals surface area contributed by atoms with E-state index in [2.05, 4.69) is 37.9 Å². The van der Waals surface area contributed by atoms with E-state index in [0.717, 1.165) is 22.5 Å². The van der Waals surface area contributed by atoms with Crippen molar-refractivity contribution in [2.45, 2.75) is 43.5 Å². The molecule has 1 atom stereocenters. The lowest BCUT2D eigenvalue weighted by atomic mass is 9.87. The van der Waals surface area contributed by atoms with Crippen LogP contribution in [0.5, 0.6) is 0 Å². The molecule has 9 heteroatoms. The van der Waals surface area contributed by atoms with Gasteiger partial charge in [-0.15, -0.1) is 21.5 Å². The lowest BCUT2D eigenvalue weighted by Crippen LogP contribution is -2.10. The van der Waals surface area contributed by atoms with Crippen molar-refractivity contribution in [2.24, 2.45) is 13.0 Å². The highest BCUT2D eigenvalue weighted by Gasteiger charge is 2.22. The first-order valence-electron chi connectivity index (χ1n) is 9.70. The molecule has 5 rings (SSSR count). The second-order valence-corrected chi connectivity index (χ2v) is 10.1. The second kappa shape index (κ2) is 8.04. The van der Waals surface area contributed by atoms with Gasteiger partial charge in [-0.05, 0) is 48.3 Å². The lowest BCUT2D eigenvalue weighted by Gasteiger charge is -2.19. The number of aryl methyl sites for hydroxylation is 1. The van der Waals surface area contributed by atoms with Crippen LogP contribution in [0.4, 0.5) is 0 Å². The van der Waals surface area contributed by atoms with Gasteiger partial charge in [0.15, 0.2) is 16.8 Å². The molecule has 6 nitrogen and oxygen atoms in total. The fraction of sp³-hybridized carbons (Fsp3) is 0.400. The summed E-state index contributed by atoms with van der Waals surface area (Å²) in [5, 5.41) is 17.8. The largest absolute Gasteiger partial charge is 0.334 e. The number of hydrogen-bond acceptors (Lipinski definition) is 8. The molecule has 0 amide bonds. The third-order valence-corrected chi connectivity index (χ3v) is 8.32. The first-order valence-corrected chi connectivity index (χ1v) is 12.4. The Morgan fingerprint density at radius 3 is 3.10 bits per heavy atom. The Bertz CT molecular complexity index is 1110. The number of fused-ring (bicyclic) bond motifs is 1. The summed E-state index contributed by atoms with van der Waals surface area (Å²) in [5.41, 5.74) is 2.47. The van der Waals surface area contributed by atoms with Crippen molar-refractivity contribution in [3.63, 3.8) is 0 Å². The summed E-state index contributed by atoms with van der Waals surface area (Å²) in [4.78, 5) is 7.21. The molecule has 150 valence electrons. The molecule has 0 bridgehead atoms. The molecule has 0 fully saturated rings. The first-order chi connectivity index (χ1) is 14.2. The average molecular weight is 444 g/mol. The molecule has 4 aromatic heterocycles. The SMILES string of the molecule is CCC1CCc2sc(-c3nnc(SCc4noc(-c5ccsc5)n4)n3C)cc2C1. The standard InChI is InChI=1S/C20H21N5OS3/c1-3-12-4-5-15-14(8-12)9-16(29-15)18-22-23-20(25(18)2)28-11-17-21-19(26-24-17)13-6-7-27-10-13/h6-7,9-10,12H,3-5,8,11H2,1-2H3. The number of aromatic nitrogens is 5. The number of thiophene rings is 2. The third-order valence-electron chi connectivity index (χ3n) is 5.38. The topological polar surface area (TPSA) is 69.6 Å². The average Bonchev–Trinajstić information content (AvgIpc) is 3.51. The molecule has 1 aliphatic carbocycles. The van der Waals surface area contributed by atoms with Crippen LogP contribution in [-0.2, 0) is 25.6 Å². The highest BCUT2D eigenvalue weighted by Crippen LogP contribution is 2.38. The summed E-state index contributed by atoms with van der Waals surface area (Å²) in [6, 6.07) is 4.31. The molecule has 4 heterocycles. The van der Waals surface area contributed by atoms with Crippen LogP contribution in [0.25, 0.3) is 22.2 Å². The quantitative estimate of drug-likeness (QED) is 0.368. The van der Waals surface area contributed by atoms with E-state index in [-0.39, 0.29) is 0 Å². The van der Waals surface area contributed by atoms with Gasteiger partial charge < -0.3 is 9.09 Å².